The summed E-state index contributed by atoms with van der Waals surface area (Å²) in [6.45, 7) is 1.82. The number of nitrogens with zero attached hydrogens (tertiary/aromatic N) is 1. The van der Waals surface area contributed by atoms with Gasteiger partial charge in [0, 0.05) is 5.56 Å². The van der Waals surface area contributed by atoms with E-state index >= 15 is 0 Å². The van der Waals surface area contributed by atoms with Crippen LogP contribution in [-0.4, -0.2) is 5.16 Å². The lowest BCUT2D eigenvalue weighted by Gasteiger charge is -1.92. The molecule has 3 nitrogen and oxygen atoms in total. The number of hydrogen-bond donors (Lipinski definition) is 1. The Morgan fingerprint density at radius 1 is 1.50 bits per heavy atom. The van der Waals surface area contributed by atoms with Crippen molar-refractivity contribution >= 4 is 40.4 Å². The van der Waals surface area contributed by atoms with Crippen LogP contribution in [0.4, 0.5) is 5.82 Å². The quantitative estimate of drug-likeness (QED) is 0.839. The van der Waals surface area contributed by atoms with Crippen LogP contribution in [-0.2, 0) is 0 Å². The van der Waals surface area contributed by atoms with Crippen molar-refractivity contribution in [1.29, 1.82) is 0 Å². The lowest BCUT2D eigenvalue weighted by atomic mass is 10.2. The first-order valence-electron chi connectivity index (χ1n) is 3.76. The number of nitrogens with two attached hydrogens (primary N) is 1. The highest BCUT2D eigenvalue weighted by Crippen LogP contribution is 2.40. The zero-order valence-corrected chi connectivity index (χ0v) is 9.50. The summed E-state index contributed by atoms with van der Waals surface area (Å²) in [5.41, 5.74) is 7.08. The predicted octanol–water partition coefficient (Wildman–Crippen LogP) is 3.60. The third kappa shape index (κ3) is 1.49. The Labute approximate surface area is 94.4 Å². The van der Waals surface area contributed by atoms with E-state index in [4.69, 9.17) is 33.5 Å². The number of nitrogen functional groups attached to an aromatic ring is 1. The van der Waals surface area contributed by atoms with E-state index < -0.39 is 0 Å². The lowest BCUT2D eigenvalue weighted by molar-refractivity contribution is 0.435. The molecule has 0 atom stereocenters. The summed E-state index contributed by atoms with van der Waals surface area (Å²) >= 11 is 13.1. The van der Waals surface area contributed by atoms with Crippen molar-refractivity contribution in [2.75, 3.05) is 5.73 Å². The fourth-order valence-electron chi connectivity index (χ4n) is 1.09. The molecule has 2 aromatic rings. The number of rotatable bonds is 1. The van der Waals surface area contributed by atoms with E-state index in [1.807, 2.05) is 6.92 Å². The Hall–Kier alpha value is -0.710. The fraction of sp³-hybridized carbons (Fsp3) is 0.125. The molecule has 2 heterocycles. The Bertz CT molecular complexity index is 478. The van der Waals surface area contributed by atoms with Gasteiger partial charge in [-0.05, 0) is 13.0 Å². The maximum absolute atomic E-state index is 5.97. The molecule has 0 aliphatic carbocycles. The minimum Gasteiger partial charge on any atom is -0.381 e. The molecule has 0 amide bonds. The highest BCUT2D eigenvalue weighted by molar-refractivity contribution is 7.20. The van der Waals surface area contributed by atoms with Crippen LogP contribution in [0.2, 0.25) is 8.67 Å². The zero-order valence-electron chi connectivity index (χ0n) is 7.17. The van der Waals surface area contributed by atoms with Gasteiger partial charge in [0.05, 0.1) is 9.90 Å². The van der Waals surface area contributed by atoms with E-state index in [0.29, 0.717) is 20.3 Å². The molecule has 2 aromatic heterocycles. The monoisotopic (exact) mass is 248 g/mol. The van der Waals surface area contributed by atoms with Crippen LogP contribution in [0.3, 0.4) is 0 Å². The average Bonchev–Trinajstić information content (AvgIpc) is 2.59. The Morgan fingerprint density at radius 3 is 2.64 bits per heavy atom. The van der Waals surface area contributed by atoms with Gasteiger partial charge in [-0.2, -0.15) is 0 Å². The SMILES string of the molecule is Cc1c(N)noc1-c1cc(Cl)sc1Cl. The minimum absolute atomic E-state index is 0.374. The predicted molar refractivity (Wildman–Crippen MR) is 59.0 cm³/mol. The molecule has 0 saturated carbocycles. The normalized spacial score (nSPS) is 10.8. The molecule has 74 valence electrons. The van der Waals surface area contributed by atoms with E-state index in [1.165, 1.54) is 11.3 Å². The number of hydrogen-bond acceptors (Lipinski definition) is 4. The first-order chi connectivity index (χ1) is 6.59. The molecule has 2 N–H and O–H groups in total. The highest BCUT2D eigenvalue weighted by atomic mass is 35.5. The topological polar surface area (TPSA) is 52.0 Å². The third-order valence-corrected chi connectivity index (χ3v) is 3.35. The minimum atomic E-state index is 0.374. The summed E-state index contributed by atoms with van der Waals surface area (Å²) in [6, 6.07) is 1.74. The zero-order chi connectivity index (χ0) is 10.3. The van der Waals surface area contributed by atoms with Crippen LogP contribution >= 0.6 is 34.5 Å². The molecule has 0 bridgehead atoms. The van der Waals surface area contributed by atoms with Gasteiger partial charge >= 0.3 is 0 Å². The number of thiophene rings is 1. The molecule has 0 spiro atoms. The summed E-state index contributed by atoms with van der Waals surface area (Å²) < 4.78 is 6.25. The molecule has 0 aliphatic rings. The van der Waals surface area contributed by atoms with E-state index in [0.717, 1.165) is 11.1 Å². The van der Waals surface area contributed by atoms with Crippen LogP contribution in [0.15, 0.2) is 10.6 Å². The van der Waals surface area contributed by atoms with Crippen molar-refractivity contribution in [2.45, 2.75) is 6.92 Å². The largest absolute Gasteiger partial charge is 0.381 e. The first kappa shape index (κ1) is 9.83. The smallest absolute Gasteiger partial charge is 0.174 e. The van der Waals surface area contributed by atoms with Crippen LogP contribution in [0.25, 0.3) is 11.3 Å². The molecule has 0 saturated heterocycles. The molecule has 0 radical (unpaired) electrons. The van der Waals surface area contributed by atoms with Crippen LogP contribution in [0, 0.1) is 6.92 Å². The molecular weight excluding hydrogens is 243 g/mol. The summed E-state index contributed by atoms with van der Waals surface area (Å²) in [6.07, 6.45) is 0. The fourth-order valence-corrected chi connectivity index (χ4v) is 2.55. The van der Waals surface area contributed by atoms with Crippen LogP contribution < -0.4 is 5.73 Å². The Kier molecular flexibility index (Phi) is 2.43. The number of halogens is 2. The molecule has 2 rings (SSSR count). The van der Waals surface area contributed by atoms with Gasteiger partial charge in [0.1, 0.15) is 4.34 Å². The standard InChI is InChI=1S/C8H6Cl2N2OS/c1-3-6(13-12-8(3)11)4-2-5(9)14-7(4)10/h2H,1H3,(H2,11,12). The van der Waals surface area contributed by atoms with Gasteiger partial charge in [0.25, 0.3) is 0 Å². The second-order valence-corrected chi connectivity index (χ2v) is 5.05. The second kappa shape index (κ2) is 3.46. The van der Waals surface area contributed by atoms with Gasteiger partial charge in [0.2, 0.25) is 0 Å². The van der Waals surface area contributed by atoms with Gasteiger partial charge in [-0.15, -0.1) is 11.3 Å². The van der Waals surface area contributed by atoms with E-state index in [-0.39, 0.29) is 0 Å². The Balaban J connectivity index is 2.59. The van der Waals surface area contributed by atoms with Crippen molar-refractivity contribution in [2.24, 2.45) is 0 Å². The van der Waals surface area contributed by atoms with Gasteiger partial charge in [-0.25, -0.2) is 0 Å². The highest BCUT2D eigenvalue weighted by Gasteiger charge is 2.16. The molecule has 0 fully saturated rings. The van der Waals surface area contributed by atoms with Gasteiger partial charge in [-0.3, -0.25) is 0 Å². The molecular formula is C8H6Cl2N2OS. The maximum atomic E-state index is 5.97. The van der Waals surface area contributed by atoms with E-state index in [2.05, 4.69) is 5.16 Å². The van der Waals surface area contributed by atoms with Crippen molar-refractivity contribution in [3.05, 3.63) is 20.3 Å². The third-order valence-electron chi connectivity index (χ3n) is 1.86. The Morgan fingerprint density at radius 2 is 2.21 bits per heavy atom. The summed E-state index contributed by atoms with van der Waals surface area (Å²) in [4.78, 5) is 0. The summed E-state index contributed by atoms with van der Waals surface area (Å²) in [5, 5.41) is 3.65. The lowest BCUT2D eigenvalue weighted by Crippen LogP contribution is -1.86. The van der Waals surface area contributed by atoms with E-state index in [9.17, 15) is 0 Å². The average molecular weight is 249 g/mol. The maximum Gasteiger partial charge on any atom is 0.174 e. The second-order valence-electron chi connectivity index (χ2n) is 2.76. The molecule has 0 unspecified atom stereocenters. The van der Waals surface area contributed by atoms with Crippen molar-refractivity contribution in [1.82, 2.24) is 5.16 Å². The van der Waals surface area contributed by atoms with Crippen LogP contribution in [0.5, 0.6) is 0 Å². The van der Waals surface area contributed by atoms with E-state index in [1.54, 1.807) is 6.07 Å². The van der Waals surface area contributed by atoms with Gasteiger partial charge < -0.3 is 10.3 Å². The van der Waals surface area contributed by atoms with Crippen molar-refractivity contribution in [3.63, 3.8) is 0 Å². The molecule has 0 aromatic carbocycles. The van der Waals surface area contributed by atoms with Gasteiger partial charge in [-0.1, -0.05) is 28.4 Å². The molecule has 0 aliphatic heterocycles. The summed E-state index contributed by atoms with van der Waals surface area (Å²) in [7, 11) is 0. The van der Waals surface area contributed by atoms with Crippen LogP contribution in [0.1, 0.15) is 5.56 Å². The van der Waals surface area contributed by atoms with Gasteiger partial charge in [0.15, 0.2) is 11.6 Å². The van der Waals surface area contributed by atoms with Crippen molar-refractivity contribution in [3.8, 4) is 11.3 Å². The van der Waals surface area contributed by atoms with Crippen molar-refractivity contribution < 1.29 is 4.52 Å². The first-order valence-corrected chi connectivity index (χ1v) is 5.33. The molecule has 6 heteroatoms. The summed E-state index contributed by atoms with van der Waals surface area (Å²) in [5.74, 6) is 0.953. The number of aromatic nitrogens is 1. The molecule has 14 heavy (non-hydrogen) atoms. The number of anilines is 1.